The van der Waals surface area contributed by atoms with E-state index in [1.165, 1.54) is 74.9 Å². The Morgan fingerprint density at radius 3 is 1.27 bits per heavy atom. The number of phenols is 6. The van der Waals surface area contributed by atoms with Crippen molar-refractivity contribution in [3.05, 3.63) is 81.1 Å². The molecule has 0 fully saturated rings. The summed E-state index contributed by atoms with van der Waals surface area (Å²) in [5, 5.41) is 60.2. The first-order valence-corrected chi connectivity index (χ1v) is 14.1. The van der Waals surface area contributed by atoms with Gasteiger partial charge in [0, 0.05) is 35.4 Å². The fourth-order valence-corrected chi connectivity index (χ4v) is 5.08. The van der Waals surface area contributed by atoms with Crippen molar-refractivity contribution in [1.82, 2.24) is 0 Å². The SMILES string of the molecule is COc1c(-c2ccc(O)c(O)c2)oc2cc(OCCOc3cc(O)c4c(=O)c(OC)c(-c5ccc(O)c(O)c5)oc4c3)cc(O)c2c1=O. The molecule has 0 saturated carbocycles. The number of benzene rings is 4. The van der Waals surface area contributed by atoms with Gasteiger partial charge in [-0.1, -0.05) is 0 Å². The predicted molar refractivity (Wildman–Crippen MR) is 170 cm³/mol. The first-order valence-electron chi connectivity index (χ1n) is 14.1. The molecule has 246 valence electrons. The maximum absolute atomic E-state index is 13.2. The van der Waals surface area contributed by atoms with Gasteiger partial charge in [-0.2, -0.15) is 0 Å². The highest BCUT2D eigenvalue weighted by Crippen LogP contribution is 2.40. The normalized spacial score (nSPS) is 11.1. The second-order valence-corrected chi connectivity index (χ2v) is 10.3. The van der Waals surface area contributed by atoms with Crippen LogP contribution in [0.5, 0.6) is 57.5 Å². The molecule has 4 aromatic carbocycles. The molecular weight excluding hydrogens is 632 g/mol. The van der Waals surface area contributed by atoms with Crippen molar-refractivity contribution in [3.63, 3.8) is 0 Å². The Labute approximate surface area is 269 Å². The van der Waals surface area contributed by atoms with Crippen molar-refractivity contribution >= 4 is 21.9 Å². The Kier molecular flexibility index (Phi) is 7.98. The lowest BCUT2D eigenvalue weighted by Gasteiger charge is -2.13. The van der Waals surface area contributed by atoms with E-state index >= 15 is 0 Å². The van der Waals surface area contributed by atoms with E-state index in [1.54, 1.807) is 0 Å². The minimum absolute atomic E-state index is 0.0538. The number of aromatic hydroxyl groups is 6. The van der Waals surface area contributed by atoms with Gasteiger partial charge < -0.3 is 58.4 Å². The molecule has 0 aliphatic carbocycles. The molecule has 0 atom stereocenters. The predicted octanol–water partition coefficient (Wildman–Crippen LogP) is 4.94. The largest absolute Gasteiger partial charge is 0.507 e. The zero-order valence-electron chi connectivity index (χ0n) is 25.1. The average Bonchev–Trinajstić information content (AvgIpc) is 3.05. The smallest absolute Gasteiger partial charge is 0.239 e. The van der Waals surface area contributed by atoms with E-state index in [0.717, 1.165) is 0 Å². The van der Waals surface area contributed by atoms with Crippen LogP contribution < -0.4 is 29.8 Å². The summed E-state index contributed by atoms with van der Waals surface area (Å²) in [6, 6.07) is 12.8. The van der Waals surface area contributed by atoms with Gasteiger partial charge in [-0.3, -0.25) is 9.59 Å². The van der Waals surface area contributed by atoms with Crippen LogP contribution in [0.4, 0.5) is 0 Å². The quantitative estimate of drug-likeness (QED) is 0.0895. The van der Waals surface area contributed by atoms with Crippen molar-refractivity contribution in [2.45, 2.75) is 0 Å². The molecule has 0 aliphatic heterocycles. The number of phenolic OH excluding ortho intramolecular Hbond substituents is 6. The van der Waals surface area contributed by atoms with Crippen LogP contribution in [0.25, 0.3) is 44.6 Å². The van der Waals surface area contributed by atoms with E-state index in [2.05, 4.69) is 0 Å². The van der Waals surface area contributed by atoms with Crippen molar-refractivity contribution in [2.75, 3.05) is 27.4 Å². The highest BCUT2D eigenvalue weighted by molar-refractivity contribution is 5.89. The molecule has 0 saturated heterocycles. The second kappa shape index (κ2) is 12.2. The van der Waals surface area contributed by atoms with Gasteiger partial charge in [0.15, 0.2) is 34.5 Å². The van der Waals surface area contributed by atoms with Gasteiger partial charge in [-0.05, 0) is 36.4 Å². The number of methoxy groups -OCH3 is 2. The molecule has 6 rings (SSSR count). The van der Waals surface area contributed by atoms with Crippen LogP contribution in [0.3, 0.4) is 0 Å². The van der Waals surface area contributed by atoms with Crippen LogP contribution in [0.2, 0.25) is 0 Å². The Morgan fingerprint density at radius 2 is 0.917 bits per heavy atom. The minimum atomic E-state index is -0.681. The lowest BCUT2D eigenvalue weighted by atomic mass is 10.1. The maximum Gasteiger partial charge on any atom is 0.239 e. The standard InChI is InChI=1S/C34H26O14/c1-43-33-29(41)27-23(39)11-17(13-25(27)47-31(33)15-3-5-19(35)21(37)9-15)45-7-8-46-18-12-24(40)28-26(14-18)48-32(34(44-2)30(28)42)16-4-6-20(36)22(38)10-16/h3-6,9-14,35-40H,7-8H2,1-2H3. The second-order valence-electron chi connectivity index (χ2n) is 10.3. The number of hydrogen-bond donors (Lipinski definition) is 6. The van der Waals surface area contributed by atoms with Gasteiger partial charge in [0.2, 0.25) is 22.4 Å². The fourth-order valence-electron chi connectivity index (χ4n) is 5.08. The van der Waals surface area contributed by atoms with Gasteiger partial charge in [0.25, 0.3) is 0 Å². The topological polar surface area (TPSA) is 219 Å². The summed E-state index contributed by atoms with van der Waals surface area (Å²) < 4.78 is 33.7. The minimum Gasteiger partial charge on any atom is -0.507 e. The first-order chi connectivity index (χ1) is 23.0. The van der Waals surface area contributed by atoms with Crippen LogP contribution in [0.15, 0.2) is 79.1 Å². The van der Waals surface area contributed by atoms with Gasteiger partial charge >= 0.3 is 0 Å². The summed E-state index contributed by atoms with van der Waals surface area (Å²) in [5.74, 6) is -2.90. The number of hydrogen-bond acceptors (Lipinski definition) is 14. The van der Waals surface area contributed by atoms with Crippen molar-refractivity contribution in [2.24, 2.45) is 0 Å². The van der Waals surface area contributed by atoms with E-state index in [4.69, 9.17) is 27.8 Å². The van der Waals surface area contributed by atoms with E-state index < -0.39 is 33.9 Å². The van der Waals surface area contributed by atoms with E-state index in [0.29, 0.717) is 0 Å². The molecule has 0 bridgehead atoms. The third kappa shape index (κ3) is 5.51. The monoisotopic (exact) mass is 658 g/mol. The van der Waals surface area contributed by atoms with Gasteiger partial charge in [-0.15, -0.1) is 0 Å². The molecule has 14 heteroatoms. The third-order valence-electron chi connectivity index (χ3n) is 7.32. The summed E-state index contributed by atoms with van der Waals surface area (Å²) >= 11 is 0. The van der Waals surface area contributed by atoms with E-state index in [1.807, 2.05) is 0 Å². The van der Waals surface area contributed by atoms with Crippen LogP contribution in [-0.2, 0) is 0 Å². The highest BCUT2D eigenvalue weighted by Gasteiger charge is 2.23. The van der Waals surface area contributed by atoms with E-state index in [9.17, 15) is 40.2 Å². The number of rotatable bonds is 9. The summed E-state index contributed by atoms with van der Waals surface area (Å²) in [5.41, 5.74) is -1.02. The fraction of sp³-hybridized carbons (Fsp3) is 0.118. The van der Waals surface area contributed by atoms with Crippen LogP contribution in [0, 0.1) is 0 Å². The Morgan fingerprint density at radius 1 is 0.521 bits per heavy atom. The Balaban J connectivity index is 1.25. The van der Waals surface area contributed by atoms with Crippen molar-refractivity contribution < 1.29 is 58.4 Å². The molecule has 48 heavy (non-hydrogen) atoms. The molecule has 14 nitrogen and oxygen atoms in total. The molecular formula is C34H26O14. The van der Waals surface area contributed by atoms with Crippen LogP contribution >= 0.6 is 0 Å². The Bertz CT molecular complexity index is 2170. The van der Waals surface area contributed by atoms with Gasteiger partial charge in [-0.25, -0.2) is 0 Å². The molecule has 0 spiro atoms. The van der Waals surface area contributed by atoms with Crippen molar-refractivity contribution in [1.29, 1.82) is 0 Å². The van der Waals surface area contributed by atoms with Gasteiger partial charge in [0.1, 0.15) is 58.2 Å². The lowest BCUT2D eigenvalue weighted by molar-refractivity contribution is 0.216. The zero-order valence-corrected chi connectivity index (χ0v) is 25.1. The summed E-state index contributed by atoms with van der Waals surface area (Å²) in [7, 11) is 2.49. The van der Waals surface area contributed by atoms with Crippen molar-refractivity contribution in [3.8, 4) is 80.1 Å². The first kappa shape index (κ1) is 31.3. The zero-order chi connectivity index (χ0) is 34.3. The number of fused-ring (bicyclic) bond motifs is 2. The molecule has 6 N–H and O–H groups in total. The molecule has 0 aliphatic rings. The third-order valence-corrected chi connectivity index (χ3v) is 7.32. The van der Waals surface area contributed by atoms with Crippen LogP contribution in [0.1, 0.15) is 0 Å². The summed E-state index contributed by atoms with van der Waals surface area (Å²) in [6.07, 6.45) is 0. The summed E-state index contributed by atoms with van der Waals surface area (Å²) in [6.45, 7) is -0.180. The van der Waals surface area contributed by atoms with E-state index in [-0.39, 0.29) is 92.3 Å². The summed E-state index contributed by atoms with van der Waals surface area (Å²) in [4.78, 5) is 26.3. The highest BCUT2D eigenvalue weighted by atomic mass is 16.5. The molecule has 2 heterocycles. The lowest BCUT2D eigenvalue weighted by Crippen LogP contribution is -2.11. The average molecular weight is 659 g/mol. The maximum atomic E-state index is 13.2. The molecule has 0 amide bonds. The Hall–Kier alpha value is -6.70. The van der Waals surface area contributed by atoms with Crippen LogP contribution in [-0.4, -0.2) is 58.1 Å². The number of ether oxygens (including phenoxy) is 4. The van der Waals surface area contributed by atoms with Gasteiger partial charge in [0.05, 0.1) is 14.2 Å². The molecule has 2 aromatic heterocycles. The molecule has 0 radical (unpaired) electrons. The molecule has 0 unspecified atom stereocenters. The molecule has 6 aromatic rings.